The fourth-order valence-corrected chi connectivity index (χ4v) is 3.77. The lowest BCUT2D eigenvalue weighted by Crippen LogP contribution is -2.37. The van der Waals surface area contributed by atoms with Crippen LogP contribution in [0.2, 0.25) is 5.02 Å². The number of nitrogen functional groups attached to an aromatic ring is 1. The van der Waals surface area contributed by atoms with E-state index >= 15 is 0 Å². The van der Waals surface area contributed by atoms with Gasteiger partial charge in [-0.1, -0.05) is 18.0 Å². The molecule has 1 fully saturated rings. The first-order valence-corrected chi connectivity index (χ1v) is 10.2. The van der Waals surface area contributed by atoms with Crippen molar-refractivity contribution < 1.29 is 24.2 Å². The van der Waals surface area contributed by atoms with Crippen molar-refractivity contribution in [3.05, 3.63) is 22.2 Å². The molecule has 0 bridgehead atoms. The van der Waals surface area contributed by atoms with Crippen molar-refractivity contribution in [2.45, 2.75) is 51.2 Å². The molecule has 0 aliphatic carbocycles. The van der Waals surface area contributed by atoms with Gasteiger partial charge in [0.05, 0.1) is 36.1 Å². The fourth-order valence-electron chi connectivity index (χ4n) is 3.55. The number of anilines is 1. The van der Waals surface area contributed by atoms with Crippen molar-refractivity contribution in [1.29, 1.82) is 0 Å². The molecule has 1 aliphatic rings. The van der Waals surface area contributed by atoms with Crippen molar-refractivity contribution >= 4 is 29.2 Å². The number of hydrogen-bond donors (Lipinski definition) is 3. The molecule has 5 N–H and O–H groups in total. The van der Waals surface area contributed by atoms with Crippen LogP contribution in [0.3, 0.4) is 0 Å². The number of piperidine rings is 1. The quantitative estimate of drug-likeness (QED) is 0.365. The zero-order valence-electron chi connectivity index (χ0n) is 16.8. The molecule has 0 aromatic heterocycles. The molecule has 9 heteroatoms. The van der Waals surface area contributed by atoms with Gasteiger partial charge in [0.15, 0.2) is 0 Å². The van der Waals surface area contributed by atoms with Crippen molar-refractivity contribution in [2.75, 3.05) is 32.5 Å². The number of benzene rings is 1. The maximum Gasteiger partial charge on any atom is 0.303 e. The Hall–Kier alpha value is -2.03. The van der Waals surface area contributed by atoms with Gasteiger partial charge in [-0.3, -0.25) is 9.59 Å². The molecule has 1 aromatic carbocycles. The van der Waals surface area contributed by atoms with Crippen LogP contribution >= 0.6 is 11.6 Å². The number of methoxy groups -OCH3 is 1. The number of hydrogen-bond acceptors (Lipinski definition) is 6. The molecule has 162 valence electrons. The summed E-state index contributed by atoms with van der Waals surface area (Å²) in [4.78, 5) is 24.6. The predicted octanol–water partition coefficient (Wildman–Crippen LogP) is 2.66. The third-order valence-corrected chi connectivity index (χ3v) is 5.52. The summed E-state index contributed by atoms with van der Waals surface area (Å²) in [5.74, 6) is -1.07. The Bertz CT molecular complexity index is 721. The molecule has 2 rings (SSSR count). The molecular weight excluding hydrogens is 398 g/mol. The van der Waals surface area contributed by atoms with Crippen LogP contribution < -0.4 is 16.2 Å². The molecule has 1 heterocycles. The smallest absolute Gasteiger partial charge is 0.303 e. The van der Waals surface area contributed by atoms with Crippen LogP contribution in [0.5, 0.6) is 5.75 Å². The van der Waals surface area contributed by atoms with E-state index in [0.717, 1.165) is 51.7 Å². The minimum Gasteiger partial charge on any atom is -0.495 e. The number of unbranched alkanes of at least 4 members (excludes halogenated alkanes) is 2. The first-order chi connectivity index (χ1) is 13.8. The fraction of sp³-hybridized carbons (Fsp3) is 0.600. The van der Waals surface area contributed by atoms with Crippen LogP contribution in [0.15, 0.2) is 6.07 Å². The van der Waals surface area contributed by atoms with Gasteiger partial charge in [0.2, 0.25) is 0 Å². The second-order valence-electron chi connectivity index (χ2n) is 7.25. The SMILES string of the molecule is COc1c(C(N)=O)cc(Cl)c(N)c1COC1CCN(CCCCCC(=O)O)CC1. The molecule has 29 heavy (non-hydrogen) atoms. The van der Waals surface area contributed by atoms with Crippen molar-refractivity contribution in [1.82, 2.24) is 4.90 Å². The summed E-state index contributed by atoms with van der Waals surface area (Å²) in [6.07, 6.45) is 4.76. The summed E-state index contributed by atoms with van der Waals surface area (Å²) in [7, 11) is 1.45. The van der Waals surface area contributed by atoms with Crippen LogP contribution in [0.25, 0.3) is 0 Å². The number of amides is 1. The van der Waals surface area contributed by atoms with Gasteiger partial charge in [-0.25, -0.2) is 0 Å². The second-order valence-corrected chi connectivity index (χ2v) is 7.66. The minimum atomic E-state index is -0.733. The van der Waals surface area contributed by atoms with E-state index in [9.17, 15) is 9.59 Å². The van der Waals surface area contributed by atoms with Gasteiger partial charge in [-0.05, 0) is 38.3 Å². The number of primary amides is 1. The number of carboxylic acids is 1. The molecule has 8 nitrogen and oxygen atoms in total. The largest absolute Gasteiger partial charge is 0.495 e. The number of nitrogens with zero attached hydrogens (tertiary/aromatic N) is 1. The lowest BCUT2D eigenvalue weighted by molar-refractivity contribution is -0.137. The lowest BCUT2D eigenvalue weighted by Gasteiger charge is -2.32. The number of carbonyl (C=O) groups is 2. The molecule has 0 saturated carbocycles. The Morgan fingerprint density at radius 1 is 1.28 bits per heavy atom. The summed E-state index contributed by atoms with van der Waals surface area (Å²) in [5.41, 5.74) is 12.5. The van der Waals surface area contributed by atoms with Crippen LogP contribution in [0.1, 0.15) is 54.4 Å². The van der Waals surface area contributed by atoms with Gasteiger partial charge < -0.3 is 30.9 Å². The molecular formula is C20H30ClN3O5. The van der Waals surface area contributed by atoms with Crippen LogP contribution in [-0.4, -0.2) is 54.7 Å². The summed E-state index contributed by atoms with van der Waals surface area (Å²) < 4.78 is 11.4. The third kappa shape index (κ3) is 6.76. The maximum absolute atomic E-state index is 11.7. The van der Waals surface area contributed by atoms with Gasteiger partial charge in [0.25, 0.3) is 5.91 Å². The molecule has 1 aliphatic heterocycles. The van der Waals surface area contributed by atoms with Crippen molar-refractivity contribution in [3.8, 4) is 5.75 Å². The Labute approximate surface area is 176 Å². The number of carbonyl (C=O) groups excluding carboxylic acids is 1. The average Bonchev–Trinajstić information content (AvgIpc) is 2.69. The minimum absolute atomic E-state index is 0.0818. The summed E-state index contributed by atoms with van der Waals surface area (Å²) in [6.45, 7) is 3.02. The highest BCUT2D eigenvalue weighted by Gasteiger charge is 2.23. The van der Waals surface area contributed by atoms with E-state index < -0.39 is 11.9 Å². The Balaban J connectivity index is 1.83. The molecule has 0 unspecified atom stereocenters. The Morgan fingerprint density at radius 3 is 2.55 bits per heavy atom. The van der Waals surface area contributed by atoms with E-state index in [1.165, 1.54) is 13.2 Å². The zero-order chi connectivity index (χ0) is 21.4. The third-order valence-electron chi connectivity index (χ3n) is 5.20. The van der Waals surface area contributed by atoms with E-state index in [4.69, 9.17) is 37.6 Å². The number of likely N-dealkylation sites (tertiary alicyclic amines) is 1. The molecule has 0 radical (unpaired) electrons. The molecule has 0 spiro atoms. The number of rotatable bonds is 11. The van der Waals surface area contributed by atoms with E-state index in [2.05, 4.69) is 4.90 Å². The van der Waals surface area contributed by atoms with Gasteiger partial charge in [-0.15, -0.1) is 0 Å². The zero-order valence-corrected chi connectivity index (χ0v) is 17.5. The standard InChI is InChI=1S/C20H30ClN3O5/c1-28-19-14(20(23)27)11-16(21)18(22)15(19)12-29-13-6-9-24(10-7-13)8-4-2-3-5-17(25)26/h11,13H,2-10,12,22H2,1H3,(H2,23,27)(H,25,26). The predicted molar refractivity (Wildman–Crippen MR) is 111 cm³/mol. The summed E-state index contributed by atoms with van der Waals surface area (Å²) in [5, 5.41) is 8.91. The highest BCUT2D eigenvalue weighted by atomic mass is 35.5. The highest BCUT2D eigenvalue weighted by Crippen LogP contribution is 2.36. The number of aliphatic carboxylic acids is 1. The normalized spacial score (nSPS) is 15.4. The van der Waals surface area contributed by atoms with Crippen molar-refractivity contribution in [2.24, 2.45) is 5.73 Å². The number of nitrogens with two attached hydrogens (primary N) is 2. The number of halogens is 1. The Morgan fingerprint density at radius 2 is 1.97 bits per heavy atom. The summed E-state index contributed by atoms with van der Waals surface area (Å²) in [6, 6.07) is 1.41. The van der Waals surface area contributed by atoms with Crippen LogP contribution in [0.4, 0.5) is 5.69 Å². The number of ether oxygens (including phenoxy) is 2. The van der Waals surface area contributed by atoms with E-state index in [1.807, 2.05) is 0 Å². The van der Waals surface area contributed by atoms with E-state index in [1.54, 1.807) is 0 Å². The monoisotopic (exact) mass is 427 g/mol. The lowest BCUT2D eigenvalue weighted by atomic mass is 10.0. The molecule has 0 atom stereocenters. The maximum atomic E-state index is 11.7. The average molecular weight is 428 g/mol. The number of carboxylic acid groups (broad SMARTS) is 1. The molecule has 1 aromatic rings. The molecule has 1 amide bonds. The topological polar surface area (TPSA) is 128 Å². The van der Waals surface area contributed by atoms with Gasteiger partial charge >= 0.3 is 5.97 Å². The second kappa shape index (κ2) is 11.2. The highest BCUT2D eigenvalue weighted by molar-refractivity contribution is 6.33. The van der Waals surface area contributed by atoms with E-state index in [-0.39, 0.29) is 29.7 Å². The molecule has 1 saturated heterocycles. The van der Waals surface area contributed by atoms with Gasteiger partial charge in [-0.2, -0.15) is 0 Å². The van der Waals surface area contributed by atoms with Crippen molar-refractivity contribution in [3.63, 3.8) is 0 Å². The first-order valence-electron chi connectivity index (χ1n) is 9.83. The van der Waals surface area contributed by atoms with Crippen LogP contribution in [-0.2, 0) is 16.1 Å². The van der Waals surface area contributed by atoms with E-state index in [0.29, 0.717) is 17.0 Å². The summed E-state index contributed by atoms with van der Waals surface area (Å²) >= 11 is 6.14. The van der Waals surface area contributed by atoms with Crippen LogP contribution in [0, 0.1) is 0 Å². The first kappa shape index (κ1) is 23.3. The van der Waals surface area contributed by atoms with Gasteiger partial charge in [0.1, 0.15) is 5.75 Å². The van der Waals surface area contributed by atoms with Gasteiger partial charge in [0, 0.05) is 25.1 Å². The Kier molecular flexibility index (Phi) is 9.00.